The molecule has 1 aliphatic carbocycles. The Labute approximate surface area is 122 Å². The van der Waals surface area contributed by atoms with Crippen molar-refractivity contribution >= 4 is 17.8 Å². The minimum absolute atomic E-state index is 0. The van der Waals surface area contributed by atoms with Crippen molar-refractivity contribution in [1.82, 2.24) is 10.6 Å². The molecule has 2 aliphatic rings. The Morgan fingerprint density at radius 1 is 1.18 bits per heavy atom. The zero-order chi connectivity index (χ0) is 11.9. The summed E-state index contributed by atoms with van der Waals surface area (Å²) in [6, 6.07) is -0.699. The van der Waals surface area contributed by atoms with Crippen LogP contribution in [0.1, 0.15) is 33.1 Å². The van der Waals surface area contributed by atoms with E-state index in [0.717, 1.165) is 19.3 Å². The van der Waals surface area contributed by atoms with E-state index < -0.39 is 23.3 Å². The zero-order valence-corrected chi connectivity index (χ0v) is 12.5. The van der Waals surface area contributed by atoms with Gasteiger partial charge in [0.1, 0.15) is 5.41 Å². The van der Waals surface area contributed by atoms with Gasteiger partial charge in [-0.05, 0) is 24.7 Å². The van der Waals surface area contributed by atoms with E-state index in [1.54, 1.807) is 0 Å². The number of urea groups is 1. The summed E-state index contributed by atoms with van der Waals surface area (Å²) < 4.78 is 0. The molecule has 1 heterocycles. The van der Waals surface area contributed by atoms with Crippen molar-refractivity contribution in [3.05, 3.63) is 0 Å². The molecule has 2 fully saturated rings. The Bertz CT molecular complexity index is 350. The van der Waals surface area contributed by atoms with Crippen molar-refractivity contribution in [3.8, 4) is 0 Å². The summed E-state index contributed by atoms with van der Waals surface area (Å²) in [5.74, 6) is -0.808. The van der Waals surface area contributed by atoms with Gasteiger partial charge in [0.25, 0.3) is 0 Å². The average Bonchev–Trinajstić information content (AvgIpc) is 2.53. The normalized spacial score (nSPS) is 30.8. The smallest absolute Gasteiger partial charge is 0.277 e. The molecule has 2 atom stereocenters. The van der Waals surface area contributed by atoms with E-state index in [9.17, 15) is 14.4 Å². The summed E-state index contributed by atoms with van der Waals surface area (Å²) in [5.41, 5.74) is -1.03. The predicted octanol–water partition coefficient (Wildman–Crippen LogP) is -2.20. The maximum atomic E-state index is 12.0. The van der Waals surface area contributed by atoms with Crippen LogP contribution in [0, 0.1) is 17.3 Å². The van der Waals surface area contributed by atoms with Crippen LogP contribution < -0.4 is 40.2 Å². The van der Waals surface area contributed by atoms with Crippen molar-refractivity contribution in [3.63, 3.8) is 0 Å². The van der Waals surface area contributed by atoms with Crippen molar-refractivity contribution in [1.29, 1.82) is 0 Å². The standard InChI is InChI=1S/C11H16N2O3.Na/c1-3-7-5-4-6(2)11(7)8(14)12-10(16)13-9(11)15;/h6-7H,3-5H2,1-2H3,(H2,12,13,14,15,16);/q;+1. The Hall–Kier alpha value is -0.390. The van der Waals surface area contributed by atoms with Gasteiger partial charge in [0.15, 0.2) is 0 Å². The molecule has 17 heavy (non-hydrogen) atoms. The zero-order valence-electron chi connectivity index (χ0n) is 10.5. The van der Waals surface area contributed by atoms with Gasteiger partial charge in [-0.1, -0.05) is 20.3 Å². The van der Waals surface area contributed by atoms with Gasteiger partial charge in [-0.2, -0.15) is 0 Å². The molecule has 1 aliphatic heterocycles. The minimum Gasteiger partial charge on any atom is -0.277 e. The van der Waals surface area contributed by atoms with Gasteiger partial charge in [0, 0.05) is 0 Å². The molecule has 1 saturated heterocycles. The van der Waals surface area contributed by atoms with Crippen LogP contribution in [-0.2, 0) is 9.59 Å². The monoisotopic (exact) mass is 247 g/mol. The van der Waals surface area contributed by atoms with Crippen LogP contribution >= 0.6 is 0 Å². The van der Waals surface area contributed by atoms with Gasteiger partial charge >= 0.3 is 35.6 Å². The fourth-order valence-electron chi connectivity index (χ4n) is 3.20. The first-order valence-electron chi connectivity index (χ1n) is 5.70. The van der Waals surface area contributed by atoms with Crippen LogP contribution in [0.5, 0.6) is 0 Å². The molecule has 0 aromatic carbocycles. The third-order valence-corrected chi connectivity index (χ3v) is 4.07. The summed E-state index contributed by atoms with van der Waals surface area (Å²) in [5, 5.41) is 4.45. The molecule has 6 heteroatoms. The Morgan fingerprint density at radius 2 is 1.71 bits per heavy atom. The number of carbonyl (C=O) groups excluding carboxylic acids is 3. The third-order valence-electron chi connectivity index (χ3n) is 4.07. The fraction of sp³-hybridized carbons (Fsp3) is 0.727. The summed E-state index contributed by atoms with van der Waals surface area (Å²) in [6.45, 7) is 3.88. The van der Waals surface area contributed by atoms with Gasteiger partial charge in [0.2, 0.25) is 11.8 Å². The van der Waals surface area contributed by atoms with Gasteiger partial charge in [0.05, 0.1) is 0 Å². The molecule has 0 bridgehead atoms. The first kappa shape index (κ1) is 14.7. The molecule has 4 amide bonds. The molecule has 2 rings (SSSR count). The minimum atomic E-state index is -1.03. The van der Waals surface area contributed by atoms with Crippen LogP contribution in [0.3, 0.4) is 0 Å². The number of imide groups is 2. The molecule has 1 spiro atoms. The molecular weight excluding hydrogens is 231 g/mol. The van der Waals surface area contributed by atoms with E-state index in [-0.39, 0.29) is 41.4 Å². The molecule has 0 radical (unpaired) electrons. The van der Waals surface area contributed by atoms with Gasteiger partial charge in [-0.3, -0.25) is 20.2 Å². The number of hydrogen-bond donors (Lipinski definition) is 2. The second kappa shape index (κ2) is 5.08. The summed E-state index contributed by atoms with van der Waals surface area (Å²) in [7, 11) is 0. The molecule has 2 N–H and O–H groups in total. The van der Waals surface area contributed by atoms with Crippen molar-refractivity contribution < 1.29 is 43.9 Å². The summed E-state index contributed by atoms with van der Waals surface area (Å²) >= 11 is 0. The van der Waals surface area contributed by atoms with Crippen molar-refractivity contribution in [2.75, 3.05) is 0 Å². The van der Waals surface area contributed by atoms with Gasteiger partial charge in [-0.25, -0.2) is 4.79 Å². The molecule has 0 aromatic rings. The van der Waals surface area contributed by atoms with Crippen LogP contribution in [0.4, 0.5) is 4.79 Å². The fourth-order valence-corrected chi connectivity index (χ4v) is 3.20. The number of rotatable bonds is 1. The Kier molecular flexibility index (Phi) is 4.38. The molecule has 2 unspecified atom stereocenters. The van der Waals surface area contributed by atoms with Crippen LogP contribution in [0.2, 0.25) is 0 Å². The van der Waals surface area contributed by atoms with E-state index in [2.05, 4.69) is 10.6 Å². The molecular formula is C11H16N2NaO3+. The molecule has 88 valence electrons. The van der Waals surface area contributed by atoms with E-state index in [0.29, 0.717) is 0 Å². The van der Waals surface area contributed by atoms with E-state index in [4.69, 9.17) is 0 Å². The number of carbonyl (C=O) groups is 3. The molecule has 1 saturated carbocycles. The first-order chi connectivity index (χ1) is 7.53. The number of hydrogen-bond acceptors (Lipinski definition) is 3. The van der Waals surface area contributed by atoms with E-state index in [1.807, 2.05) is 13.8 Å². The Balaban J connectivity index is 0.00000144. The number of nitrogens with one attached hydrogen (secondary N) is 2. The molecule has 5 nitrogen and oxygen atoms in total. The SMILES string of the molecule is CCC1CCC(C)C12C(=O)NC(=O)NC2=O.[Na+]. The van der Waals surface area contributed by atoms with Crippen LogP contribution in [0.25, 0.3) is 0 Å². The quantitative estimate of drug-likeness (QED) is 0.408. The third kappa shape index (κ3) is 1.94. The number of barbiturate groups is 1. The van der Waals surface area contributed by atoms with Crippen LogP contribution in [-0.4, -0.2) is 17.8 Å². The predicted molar refractivity (Wildman–Crippen MR) is 56.3 cm³/mol. The topological polar surface area (TPSA) is 75.3 Å². The largest absolute Gasteiger partial charge is 1.00 e. The summed E-state index contributed by atoms with van der Waals surface area (Å²) in [4.78, 5) is 35.1. The van der Waals surface area contributed by atoms with Crippen molar-refractivity contribution in [2.45, 2.75) is 33.1 Å². The van der Waals surface area contributed by atoms with Gasteiger partial charge < -0.3 is 0 Å². The van der Waals surface area contributed by atoms with Crippen molar-refractivity contribution in [2.24, 2.45) is 17.3 Å². The average molecular weight is 247 g/mol. The van der Waals surface area contributed by atoms with E-state index >= 15 is 0 Å². The number of amides is 4. The maximum absolute atomic E-state index is 12.0. The Morgan fingerprint density at radius 3 is 2.18 bits per heavy atom. The second-order valence-corrected chi connectivity index (χ2v) is 4.69. The van der Waals surface area contributed by atoms with Gasteiger partial charge in [-0.15, -0.1) is 0 Å². The summed E-state index contributed by atoms with van der Waals surface area (Å²) in [6.07, 6.45) is 2.50. The van der Waals surface area contributed by atoms with Crippen LogP contribution in [0.15, 0.2) is 0 Å². The molecule has 0 aromatic heterocycles. The maximum Gasteiger partial charge on any atom is 1.00 e. The second-order valence-electron chi connectivity index (χ2n) is 4.69. The first-order valence-corrected chi connectivity index (χ1v) is 5.70. The van der Waals surface area contributed by atoms with E-state index in [1.165, 1.54) is 0 Å².